The van der Waals surface area contributed by atoms with Crippen LogP contribution in [0.3, 0.4) is 0 Å². The Morgan fingerprint density at radius 3 is 1.90 bits per heavy atom. The van der Waals surface area contributed by atoms with Crippen LogP contribution in [0.4, 0.5) is 0 Å². The summed E-state index contributed by atoms with van der Waals surface area (Å²) in [7, 11) is 0. The summed E-state index contributed by atoms with van der Waals surface area (Å²) in [5.74, 6) is 0.673. The quantitative estimate of drug-likeness (QED) is 0.122. The van der Waals surface area contributed by atoms with Gasteiger partial charge in [0.2, 0.25) is 0 Å². The highest BCUT2D eigenvalue weighted by Gasteiger charge is 2.14. The second kappa shape index (κ2) is 18.4. The number of benzene rings is 6. The third-order valence-electron chi connectivity index (χ3n) is 11.0. The van der Waals surface area contributed by atoms with Crippen molar-refractivity contribution < 1.29 is 0 Å². The second-order valence-corrected chi connectivity index (χ2v) is 15.1. The zero-order valence-electron chi connectivity index (χ0n) is 34.5. The Morgan fingerprint density at radius 2 is 1.20 bits per heavy atom. The highest BCUT2D eigenvalue weighted by atomic mass is 14.9. The second-order valence-electron chi connectivity index (χ2n) is 15.1. The van der Waals surface area contributed by atoms with E-state index in [2.05, 4.69) is 221 Å². The molecule has 2 heteroatoms. The van der Waals surface area contributed by atoms with Gasteiger partial charge in [-0.2, -0.15) is 0 Å². The highest BCUT2D eigenvalue weighted by Crippen LogP contribution is 2.36. The summed E-state index contributed by atoms with van der Waals surface area (Å²) in [6, 6.07) is 54.0. The predicted octanol–water partition coefficient (Wildman–Crippen LogP) is 15.8. The Morgan fingerprint density at radius 1 is 0.567 bits per heavy atom. The highest BCUT2D eigenvalue weighted by molar-refractivity contribution is 5.86. The number of hydrogen-bond donors (Lipinski definition) is 0. The fourth-order valence-corrected chi connectivity index (χ4v) is 7.65. The van der Waals surface area contributed by atoms with Crippen LogP contribution in [0, 0.1) is 6.92 Å². The molecule has 0 fully saturated rings. The monoisotopic (exact) mass is 772 g/mol. The molecule has 1 aliphatic carbocycles. The normalized spacial score (nSPS) is 13.6. The Hall–Kier alpha value is -7.42. The minimum absolute atomic E-state index is 0.673. The molecule has 0 aliphatic heterocycles. The molecular formula is C58H48N2. The molecule has 290 valence electrons. The molecule has 6 aromatic carbocycles. The van der Waals surface area contributed by atoms with Crippen LogP contribution >= 0.6 is 0 Å². The molecule has 0 bridgehead atoms. The van der Waals surface area contributed by atoms with Gasteiger partial charge in [-0.1, -0.05) is 195 Å². The molecule has 0 saturated carbocycles. The van der Waals surface area contributed by atoms with E-state index < -0.39 is 0 Å². The Balaban J connectivity index is 1.18. The topological polar surface area (TPSA) is 25.8 Å². The first-order chi connectivity index (χ1) is 29.5. The average Bonchev–Trinajstić information content (AvgIpc) is 3.31. The molecular weight excluding hydrogens is 725 g/mol. The summed E-state index contributed by atoms with van der Waals surface area (Å²) in [6.45, 7) is 10.5. The molecule has 60 heavy (non-hydrogen) atoms. The maximum absolute atomic E-state index is 5.27. The van der Waals surface area contributed by atoms with Gasteiger partial charge in [-0.15, -0.1) is 0 Å². The van der Waals surface area contributed by atoms with E-state index in [-0.39, 0.29) is 0 Å². The van der Waals surface area contributed by atoms with Crippen molar-refractivity contribution in [1.29, 1.82) is 0 Å². The van der Waals surface area contributed by atoms with Gasteiger partial charge < -0.3 is 0 Å². The van der Waals surface area contributed by atoms with Crippen LogP contribution in [-0.2, 0) is 0 Å². The molecule has 1 aliphatic rings. The van der Waals surface area contributed by atoms with Gasteiger partial charge in [-0.05, 0) is 118 Å². The predicted molar refractivity (Wildman–Crippen MR) is 257 cm³/mol. The van der Waals surface area contributed by atoms with E-state index in [1.807, 2.05) is 19.1 Å². The van der Waals surface area contributed by atoms with Gasteiger partial charge in [0, 0.05) is 16.7 Å². The lowest BCUT2D eigenvalue weighted by atomic mass is 9.91. The zero-order chi connectivity index (χ0) is 41.3. The number of rotatable bonds is 11. The number of allylic oxidation sites excluding steroid dienone is 13. The molecule has 8 rings (SSSR count). The minimum atomic E-state index is 0.673. The molecule has 0 amide bonds. The summed E-state index contributed by atoms with van der Waals surface area (Å²) < 4.78 is 0. The van der Waals surface area contributed by atoms with E-state index in [4.69, 9.17) is 9.97 Å². The lowest BCUT2D eigenvalue weighted by Crippen LogP contribution is -1.97. The standard InChI is InChI=1S/C58H48N2/c1-5-7-18-41(3)47-22-15-25-50(37-47)56-40-57(51-26-16-23-48(38-51)44(6-2)32-31-43-20-9-8-10-21-43)60-58(59-56)52-27-17-24-49(39-52)45-33-35-46(36-34-45)54-29-13-14-30-55(54)53-28-12-11-19-42(53)4/h5-20,22-40H,2,21H2,1,3-4H3/b7-5-,41-18+,43-31-,44-32+. The van der Waals surface area contributed by atoms with E-state index in [0.29, 0.717) is 5.82 Å². The zero-order valence-corrected chi connectivity index (χ0v) is 34.5. The van der Waals surface area contributed by atoms with E-state index in [1.54, 1.807) is 0 Å². The molecule has 0 unspecified atom stereocenters. The van der Waals surface area contributed by atoms with Crippen LogP contribution in [-0.4, -0.2) is 9.97 Å². The van der Waals surface area contributed by atoms with E-state index in [1.165, 1.54) is 39.0 Å². The lowest BCUT2D eigenvalue weighted by molar-refractivity contribution is 1.18. The van der Waals surface area contributed by atoms with E-state index in [9.17, 15) is 0 Å². The average molecular weight is 773 g/mol. The summed E-state index contributed by atoms with van der Waals surface area (Å²) in [6.07, 6.45) is 21.9. The van der Waals surface area contributed by atoms with Crippen LogP contribution in [0.1, 0.15) is 37.0 Å². The van der Waals surface area contributed by atoms with Gasteiger partial charge >= 0.3 is 0 Å². The van der Waals surface area contributed by atoms with Crippen molar-refractivity contribution in [3.63, 3.8) is 0 Å². The van der Waals surface area contributed by atoms with Crippen LogP contribution in [0.5, 0.6) is 0 Å². The van der Waals surface area contributed by atoms with Crippen LogP contribution in [0.2, 0.25) is 0 Å². The smallest absolute Gasteiger partial charge is 0.160 e. The fourth-order valence-electron chi connectivity index (χ4n) is 7.65. The Kier molecular flexibility index (Phi) is 12.1. The maximum atomic E-state index is 5.27. The van der Waals surface area contributed by atoms with Gasteiger partial charge in [0.25, 0.3) is 0 Å². The number of hydrogen-bond acceptors (Lipinski definition) is 2. The van der Waals surface area contributed by atoms with E-state index in [0.717, 1.165) is 62.3 Å². The van der Waals surface area contributed by atoms with Crippen LogP contribution < -0.4 is 0 Å². The third kappa shape index (κ3) is 8.99. The molecule has 0 spiro atoms. The maximum Gasteiger partial charge on any atom is 0.160 e. The molecule has 0 N–H and O–H groups in total. The minimum Gasteiger partial charge on any atom is -0.228 e. The Labute approximate surface area is 355 Å². The molecule has 0 saturated heterocycles. The largest absolute Gasteiger partial charge is 0.228 e. The first-order valence-corrected chi connectivity index (χ1v) is 20.6. The third-order valence-corrected chi connectivity index (χ3v) is 11.0. The van der Waals surface area contributed by atoms with Crippen molar-refractivity contribution in [2.24, 2.45) is 0 Å². The molecule has 2 nitrogen and oxygen atoms in total. The van der Waals surface area contributed by atoms with E-state index >= 15 is 0 Å². The Bertz CT molecular complexity index is 2870. The van der Waals surface area contributed by atoms with Crippen molar-refractivity contribution >= 4 is 11.1 Å². The van der Waals surface area contributed by atoms with Crippen molar-refractivity contribution in [1.82, 2.24) is 9.97 Å². The van der Waals surface area contributed by atoms with Gasteiger partial charge in [0.05, 0.1) is 11.4 Å². The van der Waals surface area contributed by atoms with Crippen molar-refractivity contribution in [3.8, 4) is 67.3 Å². The molecule has 7 aromatic rings. The van der Waals surface area contributed by atoms with Crippen molar-refractivity contribution in [3.05, 3.63) is 241 Å². The fraction of sp³-hybridized carbons (Fsp3) is 0.0690. The van der Waals surface area contributed by atoms with Crippen molar-refractivity contribution in [2.75, 3.05) is 0 Å². The van der Waals surface area contributed by atoms with Gasteiger partial charge in [0.15, 0.2) is 5.82 Å². The first kappa shape index (κ1) is 39.4. The number of aromatic nitrogens is 2. The van der Waals surface area contributed by atoms with Gasteiger partial charge in [-0.3, -0.25) is 0 Å². The van der Waals surface area contributed by atoms with Gasteiger partial charge in [-0.25, -0.2) is 9.97 Å². The number of nitrogens with zero attached hydrogens (tertiary/aromatic N) is 2. The first-order valence-electron chi connectivity index (χ1n) is 20.6. The summed E-state index contributed by atoms with van der Waals surface area (Å²) in [4.78, 5) is 10.5. The molecule has 1 heterocycles. The van der Waals surface area contributed by atoms with Crippen LogP contribution in [0.15, 0.2) is 225 Å². The molecule has 1 aromatic heterocycles. The molecule has 0 atom stereocenters. The summed E-state index contributed by atoms with van der Waals surface area (Å²) >= 11 is 0. The molecule has 0 radical (unpaired) electrons. The van der Waals surface area contributed by atoms with Crippen LogP contribution in [0.25, 0.3) is 78.4 Å². The summed E-state index contributed by atoms with van der Waals surface area (Å²) in [5, 5.41) is 0. The SMILES string of the molecule is C=C/C(=C\C=C1\C=CC=CC1)c1cccc(-c2cc(-c3cccc(/C(C)=C/C=C\C)c3)nc(-c3cccc(-c4ccc(-c5ccccc5-c5ccccc5C)cc4)c3)n2)c1. The van der Waals surface area contributed by atoms with Gasteiger partial charge in [0.1, 0.15) is 0 Å². The number of aryl methyl sites for hydroxylation is 1. The summed E-state index contributed by atoms with van der Waals surface area (Å²) in [5.41, 5.74) is 18.8. The van der Waals surface area contributed by atoms with Crippen molar-refractivity contribution in [2.45, 2.75) is 27.2 Å². The lowest BCUT2D eigenvalue weighted by Gasteiger charge is -2.13.